The second kappa shape index (κ2) is 37.3. The first-order chi connectivity index (χ1) is 23.9. The van der Waals surface area contributed by atoms with Crippen molar-refractivity contribution in [2.75, 3.05) is 19.8 Å². The Labute approximate surface area is 303 Å². The van der Waals surface area contributed by atoms with Crippen LogP contribution >= 0.6 is 7.82 Å². The molecule has 0 aromatic heterocycles. The Kier molecular flexibility index (Phi) is 36.9. The topological polar surface area (TPSA) is 131 Å². The van der Waals surface area contributed by atoms with Crippen LogP contribution in [0.25, 0.3) is 0 Å². The molecule has 0 spiro atoms. The summed E-state index contributed by atoms with van der Waals surface area (Å²) < 4.78 is 22.1. The predicted molar refractivity (Wildman–Crippen MR) is 208 cm³/mol. The SMILES string of the molecule is CCCCCCCCCCCCCCCCCCCCCCC(=O)N[C@@H](COP(=O)(O)OCCN)[C@H](O)CCCCCCCCCCCC. The fourth-order valence-corrected chi connectivity index (χ4v) is 7.25. The number of nitrogens with two attached hydrogens (primary N) is 1. The van der Waals surface area contributed by atoms with E-state index in [1.165, 1.54) is 154 Å². The normalized spacial score (nSPS) is 14.1. The number of amides is 1. The second-order valence-corrected chi connectivity index (χ2v) is 16.0. The van der Waals surface area contributed by atoms with Crippen LogP contribution in [0.1, 0.15) is 219 Å². The first kappa shape index (κ1) is 48.5. The lowest BCUT2D eigenvalue weighted by Crippen LogP contribution is -2.46. The minimum atomic E-state index is -4.30. The zero-order valence-electron chi connectivity index (χ0n) is 32.5. The minimum absolute atomic E-state index is 0.0922. The highest BCUT2D eigenvalue weighted by atomic mass is 31.2. The number of phosphoric acid groups is 1. The molecule has 0 aliphatic rings. The Bertz CT molecular complexity index is 744. The minimum Gasteiger partial charge on any atom is -0.391 e. The van der Waals surface area contributed by atoms with Crippen LogP contribution in [0.4, 0.5) is 0 Å². The number of nitrogens with one attached hydrogen (secondary N) is 1. The van der Waals surface area contributed by atoms with E-state index in [-0.39, 0.29) is 25.7 Å². The van der Waals surface area contributed by atoms with Gasteiger partial charge in [0.15, 0.2) is 0 Å². The van der Waals surface area contributed by atoms with Gasteiger partial charge in [0, 0.05) is 13.0 Å². The molecule has 8 nitrogen and oxygen atoms in total. The molecule has 0 fully saturated rings. The Morgan fingerprint density at radius 1 is 0.592 bits per heavy atom. The molecule has 1 amide bonds. The lowest BCUT2D eigenvalue weighted by molar-refractivity contribution is -0.123. The van der Waals surface area contributed by atoms with Gasteiger partial charge >= 0.3 is 7.82 Å². The maximum atomic E-state index is 12.7. The molecule has 0 aliphatic heterocycles. The van der Waals surface area contributed by atoms with Gasteiger partial charge in [-0.05, 0) is 12.8 Å². The molecule has 49 heavy (non-hydrogen) atoms. The monoisotopic (exact) mass is 719 g/mol. The maximum Gasteiger partial charge on any atom is 0.472 e. The van der Waals surface area contributed by atoms with Crippen molar-refractivity contribution in [2.45, 2.75) is 231 Å². The van der Waals surface area contributed by atoms with Gasteiger partial charge in [0.25, 0.3) is 0 Å². The number of carbonyl (C=O) groups excluding carboxylic acids is 1. The van der Waals surface area contributed by atoms with Crippen LogP contribution in [0.5, 0.6) is 0 Å². The summed E-state index contributed by atoms with van der Waals surface area (Å²) in [4.78, 5) is 22.7. The van der Waals surface area contributed by atoms with E-state index < -0.39 is 20.0 Å². The van der Waals surface area contributed by atoms with E-state index in [0.29, 0.717) is 12.8 Å². The third-order valence-electron chi connectivity index (χ3n) is 9.71. The van der Waals surface area contributed by atoms with Crippen LogP contribution in [0, 0.1) is 0 Å². The standard InChI is InChI=1S/C40H83N2O6P/c1-3-5-7-9-11-13-15-16-17-18-19-20-21-22-23-24-26-28-30-32-34-40(44)42-38(37-48-49(45,46)47-36-35-41)39(43)33-31-29-27-25-14-12-10-8-6-4-2/h38-39,43H,3-37,41H2,1-2H3,(H,42,44)(H,45,46)/t38-,39+/m0/s1. The van der Waals surface area contributed by atoms with Gasteiger partial charge in [-0.1, -0.05) is 200 Å². The number of phosphoric ester groups is 1. The molecule has 3 atom stereocenters. The van der Waals surface area contributed by atoms with Crippen LogP contribution in [0.15, 0.2) is 0 Å². The van der Waals surface area contributed by atoms with E-state index >= 15 is 0 Å². The van der Waals surface area contributed by atoms with Crippen LogP contribution in [-0.4, -0.2) is 47.8 Å². The van der Waals surface area contributed by atoms with Crippen LogP contribution in [0.2, 0.25) is 0 Å². The summed E-state index contributed by atoms with van der Waals surface area (Å²) >= 11 is 0. The lowest BCUT2D eigenvalue weighted by Gasteiger charge is -2.25. The van der Waals surface area contributed by atoms with Crippen molar-refractivity contribution in [3.8, 4) is 0 Å². The molecule has 0 saturated carbocycles. The number of rotatable bonds is 40. The quantitative estimate of drug-likeness (QED) is 0.0366. The summed E-state index contributed by atoms with van der Waals surface area (Å²) in [6.45, 7) is 4.21. The highest BCUT2D eigenvalue weighted by Gasteiger charge is 2.27. The molecule has 0 bridgehead atoms. The summed E-state index contributed by atoms with van der Waals surface area (Å²) in [5.74, 6) is -0.159. The second-order valence-electron chi connectivity index (χ2n) is 14.6. The first-order valence-corrected chi connectivity index (χ1v) is 22.6. The molecule has 9 heteroatoms. The molecule has 0 rings (SSSR count). The molecule has 5 N–H and O–H groups in total. The van der Waals surface area contributed by atoms with Crippen LogP contribution < -0.4 is 11.1 Å². The highest BCUT2D eigenvalue weighted by molar-refractivity contribution is 7.47. The smallest absolute Gasteiger partial charge is 0.391 e. The first-order valence-electron chi connectivity index (χ1n) is 21.2. The zero-order chi connectivity index (χ0) is 36.1. The molecule has 294 valence electrons. The highest BCUT2D eigenvalue weighted by Crippen LogP contribution is 2.43. The number of hydrogen-bond donors (Lipinski definition) is 4. The molecule has 0 saturated heterocycles. The van der Waals surface area contributed by atoms with Gasteiger partial charge in [0.05, 0.1) is 25.4 Å². The molecule has 0 aromatic rings. The Morgan fingerprint density at radius 3 is 1.31 bits per heavy atom. The lowest BCUT2D eigenvalue weighted by atomic mass is 10.0. The largest absolute Gasteiger partial charge is 0.472 e. The van der Waals surface area contributed by atoms with Crippen molar-refractivity contribution in [1.29, 1.82) is 0 Å². The third kappa shape index (κ3) is 35.7. The van der Waals surface area contributed by atoms with Crippen molar-refractivity contribution in [1.82, 2.24) is 5.32 Å². The Morgan fingerprint density at radius 2 is 0.939 bits per heavy atom. The average molecular weight is 719 g/mol. The van der Waals surface area contributed by atoms with Gasteiger partial charge < -0.3 is 21.1 Å². The number of carbonyl (C=O) groups is 1. The van der Waals surface area contributed by atoms with E-state index in [9.17, 15) is 19.4 Å². The van der Waals surface area contributed by atoms with E-state index in [1.54, 1.807) is 0 Å². The van der Waals surface area contributed by atoms with Gasteiger partial charge in [-0.25, -0.2) is 4.57 Å². The van der Waals surface area contributed by atoms with Crippen LogP contribution in [0.3, 0.4) is 0 Å². The number of aliphatic hydroxyl groups excluding tert-OH is 1. The fraction of sp³-hybridized carbons (Fsp3) is 0.975. The van der Waals surface area contributed by atoms with E-state index in [0.717, 1.165) is 38.5 Å². The molecule has 0 aromatic carbocycles. The maximum absolute atomic E-state index is 12.7. The number of hydrogen-bond acceptors (Lipinski definition) is 6. The summed E-state index contributed by atoms with van der Waals surface area (Å²) in [5, 5.41) is 13.7. The van der Waals surface area contributed by atoms with Crippen molar-refractivity contribution in [3.05, 3.63) is 0 Å². The summed E-state index contributed by atoms with van der Waals surface area (Å²) in [6, 6.07) is -0.766. The third-order valence-corrected chi connectivity index (χ3v) is 10.7. The zero-order valence-corrected chi connectivity index (χ0v) is 33.3. The fourth-order valence-electron chi connectivity index (χ4n) is 6.49. The van der Waals surface area contributed by atoms with E-state index in [4.69, 9.17) is 14.8 Å². The van der Waals surface area contributed by atoms with Crippen molar-refractivity contribution in [2.24, 2.45) is 5.73 Å². The van der Waals surface area contributed by atoms with Crippen molar-refractivity contribution < 1.29 is 28.4 Å². The summed E-state index contributed by atoms with van der Waals surface area (Å²) in [5.41, 5.74) is 5.37. The van der Waals surface area contributed by atoms with Crippen LogP contribution in [-0.2, 0) is 18.4 Å². The molecule has 0 heterocycles. The predicted octanol–water partition coefficient (Wildman–Crippen LogP) is 11.4. The number of unbranched alkanes of at least 4 members (excludes halogenated alkanes) is 28. The summed E-state index contributed by atoms with van der Waals surface area (Å²) in [6.07, 6.45) is 38.3. The van der Waals surface area contributed by atoms with E-state index in [2.05, 4.69) is 19.2 Å². The number of aliphatic hydroxyl groups is 1. The summed E-state index contributed by atoms with van der Waals surface area (Å²) in [7, 11) is -4.30. The van der Waals surface area contributed by atoms with Gasteiger partial charge in [-0.15, -0.1) is 0 Å². The molecule has 0 aliphatic carbocycles. The van der Waals surface area contributed by atoms with Gasteiger partial charge in [-0.2, -0.15) is 0 Å². The van der Waals surface area contributed by atoms with Crippen molar-refractivity contribution in [3.63, 3.8) is 0 Å². The average Bonchev–Trinajstić information content (AvgIpc) is 3.09. The Balaban J connectivity index is 4.03. The Hall–Kier alpha value is -0.500. The molecular weight excluding hydrogens is 635 g/mol. The van der Waals surface area contributed by atoms with E-state index in [1.807, 2.05) is 0 Å². The molecule has 1 unspecified atom stereocenters. The van der Waals surface area contributed by atoms with Crippen molar-refractivity contribution >= 4 is 13.7 Å². The molecular formula is C40H83N2O6P. The molecule has 0 radical (unpaired) electrons. The van der Waals surface area contributed by atoms with Gasteiger partial charge in [0.1, 0.15) is 0 Å². The van der Waals surface area contributed by atoms with Gasteiger partial charge in [0.2, 0.25) is 5.91 Å². The van der Waals surface area contributed by atoms with Gasteiger partial charge in [-0.3, -0.25) is 13.8 Å².